The van der Waals surface area contributed by atoms with Crippen molar-refractivity contribution in [3.8, 4) is 0 Å². The van der Waals surface area contributed by atoms with Gasteiger partial charge >= 0.3 is 0 Å². The predicted octanol–water partition coefficient (Wildman–Crippen LogP) is 3.34. The topological polar surface area (TPSA) is 47.9 Å². The number of hydrogen-bond acceptors (Lipinski definition) is 4. The van der Waals surface area contributed by atoms with E-state index in [9.17, 15) is 5.26 Å². The Morgan fingerprint density at radius 2 is 1.89 bits per heavy atom. The summed E-state index contributed by atoms with van der Waals surface area (Å²) in [6, 6.07) is 0. The summed E-state index contributed by atoms with van der Waals surface area (Å²) in [5, 5.41) is 9.24. The Labute approximate surface area is 114 Å². The van der Waals surface area contributed by atoms with Crippen molar-refractivity contribution < 1.29 is 19.9 Å². The summed E-state index contributed by atoms with van der Waals surface area (Å²) >= 11 is 0. The van der Waals surface area contributed by atoms with Gasteiger partial charge < -0.3 is 0 Å². The van der Waals surface area contributed by atoms with Crippen LogP contribution in [0.1, 0.15) is 46.5 Å². The summed E-state index contributed by atoms with van der Waals surface area (Å²) in [5.41, 5.74) is 2.85. The van der Waals surface area contributed by atoms with E-state index in [1.54, 1.807) is 0 Å². The quantitative estimate of drug-likeness (QED) is 0.450. The van der Waals surface area contributed by atoms with E-state index in [1.165, 1.54) is 24.8 Å². The fourth-order valence-corrected chi connectivity index (χ4v) is 4.73. The van der Waals surface area contributed by atoms with Gasteiger partial charge in [0.05, 0.1) is 0 Å². The van der Waals surface area contributed by atoms with Crippen molar-refractivity contribution in [1.82, 2.24) is 0 Å². The van der Waals surface area contributed by atoms with Gasteiger partial charge in [0, 0.05) is 0 Å². The van der Waals surface area contributed by atoms with Gasteiger partial charge in [-0.1, -0.05) is 27.2 Å². The molecule has 19 heavy (non-hydrogen) atoms. The zero-order chi connectivity index (χ0) is 13.7. The second kappa shape index (κ2) is 4.55. The fourth-order valence-electron chi connectivity index (χ4n) is 4.73. The average molecular weight is 268 g/mol. The van der Waals surface area contributed by atoms with Gasteiger partial charge in [0.15, 0.2) is 0 Å². The minimum atomic E-state index is -0.227. The van der Waals surface area contributed by atoms with Crippen LogP contribution in [0.3, 0.4) is 0 Å². The van der Waals surface area contributed by atoms with Crippen molar-refractivity contribution >= 4 is 0 Å². The van der Waals surface area contributed by atoms with Crippen molar-refractivity contribution in [3.63, 3.8) is 0 Å². The van der Waals surface area contributed by atoms with E-state index in [0.717, 1.165) is 12.0 Å². The first-order valence-corrected chi connectivity index (χ1v) is 7.26. The Balaban J connectivity index is 2.06. The lowest BCUT2D eigenvalue weighted by atomic mass is 9.50. The highest BCUT2D eigenvalue weighted by atomic mass is 17.2. The van der Waals surface area contributed by atoms with Crippen molar-refractivity contribution in [3.05, 3.63) is 11.1 Å². The van der Waals surface area contributed by atoms with Crippen LogP contribution in [0.5, 0.6) is 0 Å². The maximum absolute atomic E-state index is 9.24. The van der Waals surface area contributed by atoms with Gasteiger partial charge in [-0.25, -0.2) is 14.7 Å². The Hall–Kier alpha value is -0.420. The maximum atomic E-state index is 9.24. The lowest BCUT2D eigenvalue weighted by Crippen LogP contribution is -2.51. The third-order valence-corrected chi connectivity index (χ3v) is 5.77. The van der Waals surface area contributed by atoms with Gasteiger partial charge in [-0.05, 0) is 47.2 Å². The molecule has 4 nitrogen and oxygen atoms in total. The minimum Gasteiger partial charge on any atom is -0.251 e. The first-order chi connectivity index (χ1) is 8.99. The third kappa shape index (κ3) is 1.97. The Morgan fingerprint density at radius 3 is 2.63 bits per heavy atom. The SMILES string of the molecule is CC1(C)CCC[C@]2(C)C3=C(COOC3)C(OO)C[C@@H]12. The Kier molecular flexibility index (Phi) is 3.25. The molecule has 0 bridgehead atoms. The van der Waals surface area contributed by atoms with Gasteiger partial charge in [0.25, 0.3) is 0 Å². The molecule has 2 aliphatic carbocycles. The fraction of sp³-hybridized carbons (Fsp3) is 0.867. The molecule has 1 heterocycles. The van der Waals surface area contributed by atoms with Crippen LogP contribution in [-0.4, -0.2) is 24.6 Å². The molecule has 0 aromatic heterocycles. The Morgan fingerprint density at radius 1 is 1.16 bits per heavy atom. The molecule has 0 saturated heterocycles. The summed E-state index contributed by atoms with van der Waals surface area (Å²) in [5.74, 6) is 0.520. The molecule has 1 aliphatic heterocycles. The molecule has 3 rings (SSSR count). The molecule has 1 saturated carbocycles. The van der Waals surface area contributed by atoms with E-state index in [2.05, 4.69) is 20.8 Å². The minimum absolute atomic E-state index is 0.163. The number of rotatable bonds is 1. The molecule has 0 spiro atoms. The second-order valence-electron chi connectivity index (χ2n) is 7.17. The second-order valence-corrected chi connectivity index (χ2v) is 7.17. The van der Waals surface area contributed by atoms with Crippen molar-refractivity contribution in [2.45, 2.75) is 52.6 Å². The molecule has 4 heteroatoms. The van der Waals surface area contributed by atoms with Crippen LogP contribution >= 0.6 is 0 Å². The molecule has 0 amide bonds. The Bertz CT molecular complexity index is 401. The molecular weight excluding hydrogens is 244 g/mol. The van der Waals surface area contributed by atoms with Crippen LogP contribution in [0.25, 0.3) is 0 Å². The summed E-state index contributed by atoms with van der Waals surface area (Å²) < 4.78 is 0. The monoisotopic (exact) mass is 268 g/mol. The first kappa shape index (κ1) is 13.6. The van der Waals surface area contributed by atoms with Gasteiger partial charge in [-0.2, -0.15) is 0 Å². The summed E-state index contributed by atoms with van der Waals surface area (Å²) in [6.07, 6.45) is 4.34. The van der Waals surface area contributed by atoms with Crippen molar-refractivity contribution in [1.29, 1.82) is 0 Å². The standard InChI is InChI=1S/C15H24O4/c1-14(2)5-4-6-15(3)11-9-18-17-8-10(11)12(19-16)7-13(14)15/h12-13,16H,4-9H2,1-3H3/t12?,13-,15+/m0/s1. The number of hydrogen-bond donors (Lipinski definition) is 1. The molecular formula is C15H24O4. The third-order valence-electron chi connectivity index (χ3n) is 5.77. The smallest absolute Gasteiger partial charge is 0.117 e. The van der Waals surface area contributed by atoms with Crippen LogP contribution in [0, 0.1) is 16.7 Å². The molecule has 0 aromatic rings. The van der Waals surface area contributed by atoms with Gasteiger partial charge in [-0.15, -0.1) is 0 Å². The summed E-state index contributed by atoms with van der Waals surface area (Å²) in [7, 11) is 0. The van der Waals surface area contributed by atoms with Gasteiger partial charge in [-0.3, -0.25) is 5.26 Å². The highest BCUT2D eigenvalue weighted by molar-refractivity contribution is 5.33. The van der Waals surface area contributed by atoms with E-state index in [0.29, 0.717) is 19.1 Å². The molecule has 1 N–H and O–H groups in total. The highest BCUT2D eigenvalue weighted by Crippen LogP contribution is 2.60. The van der Waals surface area contributed by atoms with E-state index in [4.69, 9.17) is 14.7 Å². The maximum Gasteiger partial charge on any atom is 0.117 e. The molecule has 1 fully saturated rings. The molecule has 3 atom stereocenters. The van der Waals surface area contributed by atoms with E-state index >= 15 is 0 Å². The molecule has 0 radical (unpaired) electrons. The lowest BCUT2D eigenvalue weighted by molar-refractivity contribution is -0.315. The highest BCUT2D eigenvalue weighted by Gasteiger charge is 2.53. The first-order valence-electron chi connectivity index (χ1n) is 7.26. The summed E-state index contributed by atoms with van der Waals surface area (Å²) in [6.45, 7) is 7.97. The van der Waals surface area contributed by atoms with Crippen LogP contribution in [0.15, 0.2) is 11.1 Å². The van der Waals surface area contributed by atoms with Crippen LogP contribution in [0.2, 0.25) is 0 Å². The van der Waals surface area contributed by atoms with Crippen LogP contribution < -0.4 is 0 Å². The van der Waals surface area contributed by atoms with Crippen LogP contribution in [0.4, 0.5) is 0 Å². The van der Waals surface area contributed by atoms with E-state index < -0.39 is 0 Å². The average Bonchev–Trinajstić information content (AvgIpc) is 2.38. The van der Waals surface area contributed by atoms with Crippen molar-refractivity contribution in [2.75, 3.05) is 13.2 Å². The molecule has 0 aromatic carbocycles. The largest absolute Gasteiger partial charge is 0.251 e. The lowest BCUT2D eigenvalue weighted by Gasteiger charge is -2.56. The molecule has 1 unspecified atom stereocenters. The summed E-state index contributed by atoms with van der Waals surface area (Å²) in [4.78, 5) is 15.1. The predicted molar refractivity (Wildman–Crippen MR) is 70.3 cm³/mol. The van der Waals surface area contributed by atoms with E-state index in [-0.39, 0.29) is 16.9 Å². The zero-order valence-corrected chi connectivity index (χ0v) is 12.1. The van der Waals surface area contributed by atoms with Gasteiger partial charge in [0.1, 0.15) is 19.3 Å². The van der Waals surface area contributed by atoms with E-state index in [1.807, 2.05) is 0 Å². The molecule has 3 aliphatic rings. The van der Waals surface area contributed by atoms with Gasteiger partial charge in [0.2, 0.25) is 0 Å². The molecule has 108 valence electrons. The number of fused-ring (bicyclic) bond motifs is 2. The zero-order valence-electron chi connectivity index (χ0n) is 12.1. The van der Waals surface area contributed by atoms with Crippen LogP contribution in [-0.2, 0) is 14.7 Å². The normalized spacial score (nSPS) is 41.7. The van der Waals surface area contributed by atoms with Crippen molar-refractivity contribution in [2.24, 2.45) is 16.7 Å².